The normalized spacial score (nSPS) is 19.4. The summed E-state index contributed by atoms with van der Waals surface area (Å²) in [5.74, 6) is 2.17. The number of primary amides is 1. The molecule has 1 saturated heterocycles. The molecule has 1 aromatic carbocycles. The summed E-state index contributed by atoms with van der Waals surface area (Å²) in [4.78, 5) is 42.6. The molecule has 0 radical (unpaired) electrons. The van der Waals surface area contributed by atoms with Gasteiger partial charge in [-0.05, 0) is 49.9 Å². The average Bonchev–Trinajstić information content (AvgIpc) is 3.67. The first kappa shape index (κ1) is 25.9. The molecule has 1 unspecified atom stereocenters. The molecule has 2 fully saturated rings. The van der Waals surface area contributed by atoms with Crippen LogP contribution in [0.3, 0.4) is 0 Å². The van der Waals surface area contributed by atoms with Gasteiger partial charge in [-0.3, -0.25) is 9.36 Å². The standard InChI is InChI=1S/C27H30Cl2N8O2/c28-19-8-7-17(12-20(19)29)24-33-21-14-36(26(30)39)15-22(21)37(24)23-9-10-31-27(34-23)32-18-6-3-11-35(13-18)25(38)16-4-1-2-5-16/h7-10,12,16,18H,1-6,11,13-15H2,(H2,30,39)(H,31,32,34). The molecule has 39 heavy (non-hydrogen) atoms. The zero-order valence-electron chi connectivity index (χ0n) is 21.4. The van der Waals surface area contributed by atoms with Crippen LogP contribution in [-0.2, 0) is 17.9 Å². The topological polar surface area (TPSA) is 122 Å². The SMILES string of the molecule is NC(=O)N1Cc2nc(-c3ccc(Cl)c(Cl)c3)n(-c3ccnc(NC4CCCN(C(=O)C5CCCC5)C4)n3)c2C1. The lowest BCUT2D eigenvalue weighted by atomic mass is 10.0. The number of rotatable bonds is 5. The summed E-state index contributed by atoms with van der Waals surface area (Å²) in [6, 6.07) is 6.71. The van der Waals surface area contributed by atoms with Crippen molar-refractivity contribution in [3.8, 4) is 17.2 Å². The Hall–Kier alpha value is -3.37. The number of benzene rings is 1. The number of nitrogens with one attached hydrogen (secondary N) is 1. The second-order valence-corrected chi connectivity index (χ2v) is 11.3. The van der Waals surface area contributed by atoms with Crippen molar-refractivity contribution in [1.82, 2.24) is 29.3 Å². The fourth-order valence-corrected chi connectivity index (χ4v) is 6.19. The quantitative estimate of drug-likeness (QED) is 0.462. The summed E-state index contributed by atoms with van der Waals surface area (Å²) in [5.41, 5.74) is 7.91. The van der Waals surface area contributed by atoms with Crippen LogP contribution in [0.2, 0.25) is 10.0 Å². The number of imidazole rings is 1. The molecule has 3 aromatic rings. The van der Waals surface area contributed by atoms with Crippen LogP contribution in [0.1, 0.15) is 49.9 Å². The number of anilines is 1. The van der Waals surface area contributed by atoms with Crippen LogP contribution in [-0.4, -0.2) is 60.4 Å². The number of carbonyl (C=O) groups is 2. The van der Waals surface area contributed by atoms with Gasteiger partial charge in [-0.15, -0.1) is 0 Å². The summed E-state index contributed by atoms with van der Waals surface area (Å²) in [7, 11) is 0. The maximum Gasteiger partial charge on any atom is 0.315 e. The summed E-state index contributed by atoms with van der Waals surface area (Å²) < 4.78 is 1.92. The van der Waals surface area contributed by atoms with Crippen molar-refractivity contribution in [3.63, 3.8) is 0 Å². The monoisotopic (exact) mass is 568 g/mol. The highest BCUT2D eigenvalue weighted by atomic mass is 35.5. The number of likely N-dealkylation sites (tertiary alicyclic amines) is 1. The van der Waals surface area contributed by atoms with Crippen molar-refractivity contribution in [2.75, 3.05) is 18.4 Å². The Bertz CT molecular complexity index is 1420. The van der Waals surface area contributed by atoms with E-state index in [4.69, 9.17) is 38.9 Å². The highest BCUT2D eigenvalue weighted by Gasteiger charge is 2.32. The van der Waals surface area contributed by atoms with Gasteiger partial charge in [-0.2, -0.15) is 4.98 Å². The lowest BCUT2D eigenvalue weighted by molar-refractivity contribution is -0.136. The van der Waals surface area contributed by atoms with Gasteiger partial charge in [0, 0.05) is 36.8 Å². The van der Waals surface area contributed by atoms with Crippen LogP contribution in [0.5, 0.6) is 0 Å². The minimum Gasteiger partial charge on any atom is -0.351 e. The number of amides is 3. The molecule has 3 N–H and O–H groups in total. The first-order valence-corrected chi connectivity index (χ1v) is 14.1. The van der Waals surface area contributed by atoms with E-state index in [0.29, 0.717) is 47.3 Å². The Morgan fingerprint density at radius 1 is 0.974 bits per heavy atom. The van der Waals surface area contributed by atoms with E-state index in [1.54, 1.807) is 24.4 Å². The second kappa shape index (κ2) is 10.7. The molecule has 12 heteroatoms. The van der Waals surface area contributed by atoms with Crippen molar-refractivity contribution in [3.05, 3.63) is 51.9 Å². The Morgan fingerprint density at radius 3 is 2.56 bits per heavy atom. The Labute approximate surface area is 236 Å². The molecule has 4 heterocycles. The lowest BCUT2D eigenvalue weighted by Crippen LogP contribution is -2.47. The van der Waals surface area contributed by atoms with Crippen molar-refractivity contribution < 1.29 is 9.59 Å². The Balaban J connectivity index is 1.29. The van der Waals surface area contributed by atoms with Crippen LogP contribution in [0.15, 0.2) is 30.5 Å². The number of nitrogens with zero attached hydrogens (tertiary/aromatic N) is 6. The maximum absolute atomic E-state index is 13.0. The van der Waals surface area contributed by atoms with Crippen molar-refractivity contribution >= 4 is 41.1 Å². The molecular formula is C27H30Cl2N8O2. The Kier molecular flexibility index (Phi) is 7.07. The first-order chi connectivity index (χ1) is 18.9. The fraction of sp³-hybridized carbons (Fsp3) is 0.444. The first-order valence-electron chi connectivity index (χ1n) is 13.4. The maximum atomic E-state index is 13.0. The minimum atomic E-state index is -0.505. The van der Waals surface area contributed by atoms with Crippen LogP contribution >= 0.6 is 23.2 Å². The average molecular weight is 569 g/mol. The second-order valence-electron chi connectivity index (χ2n) is 10.5. The zero-order chi connectivity index (χ0) is 27.1. The number of hydrogen-bond acceptors (Lipinski definition) is 6. The Morgan fingerprint density at radius 2 is 1.79 bits per heavy atom. The van der Waals surface area contributed by atoms with Gasteiger partial charge < -0.3 is 20.9 Å². The van der Waals surface area contributed by atoms with Gasteiger partial charge in [0.2, 0.25) is 11.9 Å². The molecule has 6 rings (SSSR count). The van der Waals surface area contributed by atoms with Gasteiger partial charge in [-0.25, -0.2) is 14.8 Å². The summed E-state index contributed by atoms with van der Waals surface area (Å²) in [6.07, 6.45) is 7.86. The van der Waals surface area contributed by atoms with Crippen molar-refractivity contribution in [2.45, 2.75) is 57.7 Å². The molecule has 1 aliphatic carbocycles. The number of piperidine rings is 1. The van der Waals surface area contributed by atoms with E-state index in [9.17, 15) is 9.59 Å². The fourth-order valence-electron chi connectivity index (χ4n) is 5.89. The molecule has 1 saturated carbocycles. The van der Waals surface area contributed by atoms with Crippen LogP contribution in [0, 0.1) is 5.92 Å². The number of nitrogens with two attached hydrogens (primary N) is 1. The van der Waals surface area contributed by atoms with E-state index >= 15 is 0 Å². The summed E-state index contributed by atoms with van der Waals surface area (Å²) in [5, 5.41) is 4.33. The highest BCUT2D eigenvalue weighted by Crippen LogP contribution is 2.34. The molecule has 0 bridgehead atoms. The predicted octanol–water partition coefficient (Wildman–Crippen LogP) is 4.62. The van der Waals surface area contributed by atoms with Crippen molar-refractivity contribution in [2.24, 2.45) is 11.7 Å². The zero-order valence-corrected chi connectivity index (χ0v) is 23.0. The molecule has 1 atom stereocenters. The predicted molar refractivity (Wildman–Crippen MR) is 149 cm³/mol. The third-order valence-electron chi connectivity index (χ3n) is 7.87. The highest BCUT2D eigenvalue weighted by molar-refractivity contribution is 6.42. The van der Waals surface area contributed by atoms with E-state index < -0.39 is 6.03 Å². The van der Waals surface area contributed by atoms with Gasteiger partial charge in [-0.1, -0.05) is 36.0 Å². The smallest absolute Gasteiger partial charge is 0.315 e. The van der Waals surface area contributed by atoms with Gasteiger partial charge in [0.05, 0.1) is 34.5 Å². The number of hydrogen-bond donors (Lipinski definition) is 2. The summed E-state index contributed by atoms with van der Waals surface area (Å²) in [6.45, 7) is 2.08. The number of halogens is 2. The molecule has 204 valence electrons. The third-order valence-corrected chi connectivity index (χ3v) is 8.61. The molecule has 2 aliphatic heterocycles. The van der Waals surface area contributed by atoms with Crippen LogP contribution < -0.4 is 11.1 Å². The molecular weight excluding hydrogens is 539 g/mol. The number of aromatic nitrogens is 4. The van der Waals surface area contributed by atoms with E-state index in [-0.39, 0.29) is 17.9 Å². The third kappa shape index (κ3) is 5.15. The van der Waals surface area contributed by atoms with E-state index in [0.717, 1.165) is 62.0 Å². The molecule has 0 spiro atoms. The molecule has 10 nitrogen and oxygen atoms in total. The van der Waals surface area contributed by atoms with Crippen LogP contribution in [0.25, 0.3) is 17.2 Å². The molecule has 3 aliphatic rings. The van der Waals surface area contributed by atoms with Gasteiger partial charge in [0.25, 0.3) is 0 Å². The van der Waals surface area contributed by atoms with E-state index in [1.165, 1.54) is 4.90 Å². The number of fused-ring (bicyclic) bond motifs is 1. The van der Waals surface area contributed by atoms with E-state index in [1.807, 2.05) is 15.5 Å². The van der Waals surface area contributed by atoms with Crippen molar-refractivity contribution in [1.29, 1.82) is 0 Å². The number of urea groups is 1. The largest absolute Gasteiger partial charge is 0.351 e. The number of carbonyl (C=O) groups excluding carboxylic acids is 2. The van der Waals surface area contributed by atoms with Gasteiger partial charge in [0.15, 0.2) is 0 Å². The lowest BCUT2D eigenvalue weighted by Gasteiger charge is -2.34. The minimum absolute atomic E-state index is 0.0627. The van der Waals surface area contributed by atoms with Crippen LogP contribution in [0.4, 0.5) is 10.7 Å². The summed E-state index contributed by atoms with van der Waals surface area (Å²) >= 11 is 12.5. The molecule has 2 aromatic heterocycles. The van der Waals surface area contributed by atoms with E-state index in [2.05, 4.69) is 10.3 Å². The van der Waals surface area contributed by atoms with Gasteiger partial charge in [0.1, 0.15) is 11.6 Å². The molecule has 3 amide bonds. The van der Waals surface area contributed by atoms with Gasteiger partial charge >= 0.3 is 6.03 Å².